The summed E-state index contributed by atoms with van der Waals surface area (Å²) in [6, 6.07) is 16.2. The fraction of sp³-hybridized carbons (Fsp3) is 0.238. The Morgan fingerprint density at radius 1 is 0.962 bits per heavy atom. The number of aromatic amines is 1. The summed E-state index contributed by atoms with van der Waals surface area (Å²) in [6.45, 7) is 3.80. The molecule has 1 aromatic heterocycles. The van der Waals surface area contributed by atoms with Gasteiger partial charge in [-0.3, -0.25) is 9.59 Å². The Bertz CT molecular complexity index is 900. The van der Waals surface area contributed by atoms with Crippen molar-refractivity contribution in [1.29, 1.82) is 0 Å². The molecule has 0 fully saturated rings. The molecule has 3 N–H and O–H groups in total. The van der Waals surface area contributed by atoms with E-state index in [1.165, 1.54) is 0 Å². The molecule has 26 heavy (non-hydrogen) atoms. The van der Waals surface area contributed by atoms with Gasteiger partial charge in [0.05, 0.1) is 0 Å². The normalized spacial score (nSPS) is 12.1. The van der Waals surface area contributed by atoms with Gasteiger partial charge in [-0.25, -0.2) is 0 Å². The lowest BCUT2D eigenvalue weighted by atomic mass is 10.0. The van der Waals surface area contributed by atoms with E-state index in [-0.39, 0.29) is 17.9 Å². The van der Waals surface area contributed by atoms with Crippen molar-refractivity contribution >= 4 is 22.7 Å². The van der Waals surface area contributed by atoms with Gasteiger partial charge in [-0.1, -0.05) is 36.4 Å². The molecular weight excluding hydrogens is 326 g/mol. The van der Waals surface area contributed by atoms with Gasteiger partial charge in [-0.2, -0.15) is 0 Å². The Labute approximate surface area is 152 Å². The van der Waals surface area contributed by atoms with Gasteiger partial charge in [0, 0.05) is 35.1 Å². The second kappa shape index (κ2) is 7.87. The largest absolute Gasteiger partial charge is 0.361 e. The summed E-state index contributed by atoms with van der Waals surface area (Å²) < 4.78 is 0. The van der Waals surface area contributed by atoms with E-state index in [0.717, 1.165) is 16.5 Å². The van der Waals surface area contributed by atoms with Crippen LogP contribution in [0.15, 0.2) is 60.8 Å². The van der Waals surface area contributed by atoms with Crippen molar-refractivity contribution in [3.63, 3.8) is 0 Å². The second-order valence-corrected chi connectivity index (χ2v) is 6.62. The van der Waals surface area contributed by atoms with Crippen molar-refractivity contribution < 1.29 is 9.59 Å². The maximum absolute atomic E-state index is 12.6. The highest BCUT2D eigenvalue weighted by atomic mass is 16.2. The molecule has 0 saturated heterocycles. The number of benzene rings is 2. The smallest absolute Gasteiger partial charge is 0.251 e. The van der Waals surface area contributed by atoms with Crippen LogP contribution in [0.2, 0.25) is 0 Å². The fourth-order valence-electron chi connectivity index (χ4n) is 2.95. The van der Waals surface area contributed by atoms with Crippen LogP contribution in [-0.2, 0) is 11.2 Å². The number of hydrogen-bond acceptors (Lipinski definition) is 2. The van der Waals surface area contributed by atoms with Gasteiger partial charge in [0.2, 0.25) is 5.91 Å². The molecule has 3 aromatic rings. The zero-order valence-corrected chi connectivity index (χ0v) is 15.0. The minimum atomic E-state index is -0.649. The summed E-state index contributed by atoms with van der Waals surface area (Å²) in [5, 5.41) is 6.83. The molecular formula is C21H23N3O2. The molecule has 0 aliphatic heterocycles. The van der Waals surface area contributed by atoms with Gasteiger partial charge in [0.25, 0.3) is 5.91 Å². The van der Waals surface area contributed by atoms with Crippen molar-refractivity contribution in [2.45, 2.75) is 32.4 Å². The third-order valence-electron chi connectivity index (χ3n) is 4.19. The number of amides is 2. The lowest BCUT2D eigenvalue weighted by Crippen LogP contribution is -2.49. The van der Waals surface area contributed by atoms with Crippen LogP contribution in [0.1, 0.15) is 29.8 Å². The van der Waals surface area contributed by atoms with Crippen molar-refractivity contribution in [3.8, 4) is 0 Å². The third kappa shape index (κ3) is 4.11. The number of H-pyrrole nitrogens is 1. The van der Waals surface area contributed by atoms with Gasteiger partial charge in [0.1, 0.15) is 6.04 Å². The first-order valence-corrected chi connectivity index (χ1v) is 8.76. The van der Waals surface area contributed by atoms with Crippen LogP contribution in [-0.4, -0.2) is 28.9 Å². The number of rotatable bonds is 6. The molecule has 0 aliphatic rings. The van der Waals surface area contributed by atoms with E-state index < -0.39 is 6.04 Å². The Balaban J connectivity index is 1.83. The predicted molar refractivity (Wildman–Crippen MR) is 103 cm³/mol. The Morgan fingerprint density at radius 3 is 2.38 bits per heavy atom. The quantitative estimate of drug-likeness (QED) is 0.640. The lowest BCUT2D eigenvalue weighted by molar-refractivity contribution is -0.123. The lowest BCUT2D eigenvalue weighted by Gasteiger charge is -2.20. The predicted octanol–water partition coefficient (Wildman–Crippen LogP) is 3.03. The van der Waals surface area contributed by atoms with E-state index in [9.17, 15) is 9.59 Å². The van der Waals surface area contributed by atoms with E-state index in [0.29, 0.717) is 12.0 Å². The molecule has 0 bridgehead atoms. The van der Waals surface area contributed by atoms with Crippen LogP contribution in [0.25, 0.3) is 10.9 Å². The first-order valence-electron chi connectivity index (χ1n) is 8.76. The van der Waals surface area contributed by atoms with Crippen molar-refractivity contribution in [3.05, 3.63) is 71.9 Å². The maximum atomic E-state index is 12.6. The highest BCUT2D eigenvalue weighted by Gasteiger charge is 2.23. The van der Waals surface area contributed by atoms with Crippen LogP contribution in [0.3, 0.4) is 0 Å². The number of hydrogen-bond donors (Lipinski definition) is 3. The summed E-state index contributed by atoms with van der Waals surface area (Å²) in [5.74, 6) is -0.441. The topological polar surface area (TPSA) is 74.0 Å². The standard InChI is InChI=1S/C21H23N3O2/c1-14(2)23-21(26)19(24-20(25)15-8-4-3-5-9-15)12-16-13-22-18-11-7-6-10-17(16)18/h3-11,13-14,19,22H,12H2,1-2H3,(H,23,26)(H,24,25)/t19-/m0/s1. The number of fused-ring (bicyclic) bond motifs is 1. The van der Waals surface area contributed by atoms with Crippen molar-refractivity contribution in [1.82, 2.24) is 15.6 Å². The van der Waals surface area contributed by atoms with Gasteiger partial charge >= 0.3 is 0 Å². The number of para-hydroxylation sites is 1. The minimum Gasteiger partial charge on any atom is -0.361 e. The van der Waals surface area contributed by atoms with Crippen molar-refractivity contribution in [2.24, 2.45) is 0 Å². The minimum absolute atomic E-state index is 0.00148. The summed E-state index contributed by atoms with van der Waals surface area (Å²) in [7, 11) is 0. The van der Waals surface area contributed by atoms with Gasteiger partial charge in [-0.05, 0) is 37.6 Å². The zero-order chi connectivity index (χ0) is 18.5. The molecule has 1 atom stereocenters. The highest BCUT2D eigenvalue weighted by molar-refractivity contribution is 5.98. The molecule has 3 rings (SSSR count). The molecule has 5 nitrogen and oxygen atoms in total. The SMILES string of the molecule is CC(C)NC(=O)[C@H](Cc1c[nH]c2ccccc12)NC(=O)c1ccccc1. The summed E-state index contributed by atoms with van der Waals surface area (Å²) >= 11 is 0. The monoisotopic (exact) mass is 349 g/mol. The van der Waals surface area contributed by atoms with Crippen LogP contribution in [0.5, 0.6) is 0 Å². The molecule has 134 valence electrons. The van der Waals surface area contributed by atoms with E-state index in [1.54, 1.807) is 24.3 Å². The first-order chi connectivity index (χ1) is 12.5. The summed E-state index contributed by atoms with van der Waals surface area (Å²) in [5.41, 5.74) is 2.55. The van der Waals surface area contributed by atoms with E-state index in [2.05, 4.69) is 15.6 Å². The molecule has 2 aromatic carbocycles. The number of nitrogens with one attached hydrogen (secondary N) is 3. The van der Waals surface area contributed by atoms with Gasteiger partial charge < -0.3 is 15.6 Å². The van der Waals surface area contributed by atoms with E-state index in [1.807, 2.05) is 50.4 Å². The average molecular weight is 349 g/mol. The Kier molecular flexibility index (Phi) is 5.37. The number of carbonyl (C=O) groups excluding carboxylic acids is 2. The maximum Gasteiger partial charge on any atom is 0.251 e. The summed E-state index contributed by atoms with van der Waals surface area (Å²) in [6.07, 6.45) is 2.32. The van der Waals surface area contributed by atoms with E-state index in [4.69, 9.17) is 0 Å². The number of aromatic nitrogens is 1. The zero-order valence-electron chi connectivity index (χ0n) is 15.0. The Hall–Kier alpha value is -3.08. The molecule has 0 saturated carbocycles. The summed E-state index contributed by atoms with van der Waals surface area (Å²) in [4.78, 5) is 28.4. The third-order valence-corrected chi connectivity index (χ3v) is 4.19. The molecule has 1 heterocycles. The van der Waals surface area contributed by atoms with Crippen LogP contribution in [0, 0.1) is 0 Å². The first kappa shape index (κ1) is 17.7. The van der Waals surface area contributed by atoms with Crippen molar-refractivity contribution in [2.75, 3.05) is 0 Å². The molecule has 2 amide bonds. The van der Waals surface area contributed by atoms with Gasteiger partial charge in [0.15, 0.2) is 0 Å². The highest BCUT2D eigenvalue weighted by Crippen LogP contribution is 2.19. The number of carbonyl (C=O) groups is 2. The van der Waals surface area contributed by atoms with Crippen LogP contribution >= 0.6 is 0 Å². The average Bonchev–Trinajstić information content (AvgIpc) is 3.04. The molecule has 0 aliphatic carbocycles. The molecule has 0 unspecified atom stereocenters. The van der Waals surface area contributed by atoms with Crippen LogP contribution < -0.4 is 10.6 Å². The molecule has 0 radical (unpaired) electrons. The molecule has 0 spiro atoms. The van der Waals surface area contributed by atoms with Gasteiger partial charge in [-0.15, -0.1) is 0 Å². The molecule has 5 heteroatoms. The Morgan fingerprint density at radius 2 is 1.65 bits per heavy atom. The second-order valence-electron chi connectivity index (χ2n) is 6.62. The van der Waals surface area contributed by atoms with E-state index >= 15 is 0 Å². The van der Waals surface area contributed by atoms with Crippen LogP contribution in [0.4, 0.5) is 0 Å². The fourth-order valence-corrected chi connectivity index (χ4v) is 2.95.